The van der Waals surface area contributed by atoms with Gasteiger partial charge >= 0.3 is 0 Å². The van der Waals surface area contributed by atoms with Crippen LogP contribution in [0.5, 0.6) is 17.2 Å². The summed E-state index contributed by atoms with van der Waals surface area (Å²) in [7, 11) is -4.02. The van der Waals surface area contributed by atoms with Crippen LogP contribution in [-0.2, 0) is 21.2 Å². The summed E-state index contributed by atoms with van der Waals surface area (Å²) in [5, 5.41) is 12.6. The molecule has 48 heavy (non-hydrogen) atoms. The Balaban J connectivity index is 1.13. The number of benzene rings is 4. The summed E-state index contributed by atoms with van der Waals surface area (Å²) in [6, 6.07) is 27.6. The fourth-order valence-corrected chi connectivity index (χ4v) is 7.40. The summed E-state index contributed by atoms with van der Waals surface area (Å²) >= 11 is 0. The Labute approximate surface area is 281 Å². The molecule has 2 aliphatic heterocycles. The molecule has 2 saturated heterocycles. The highest BCUT2D eigenvalue weighted by Gasteiger charge is 2.32. The van der Waals surface area contributed by atoms with Crippen molar-refractivity contribution in [2.24, 2.45) is 0 Å². The van der Waals surface area contributed by atoms with Crippen molar-refractivity contribution < 1.29 is 27.9 Å². The zero-order valence-corrected chi connectivity index (χ0v) is 27.4. The number of aromatic hydroxyl groups is 1. The number of likely N-dealkylation sites (tertiary alicyclic amines) is 2. The molecule has 3 N–H and O–H groups in total. The fourth-order valence-electron chi connectivity index (χ4n) is 6.33. The Morgan fingerprint density at radius 1 is 0.812 bits per heavy atom. The number of hydrogen-bond donors (Lipinski definition) is 3. The minimum absolute atomic E-state index is 0.0360. The molecule has 0 spiro atoms. The quantitative estimate of drug-likeness (QED) is 0.195. The average Bonchev–Trinajstić information content (AvgIpc) is 3.65. The van der Waals surface area contributed by atoms with Crippen molar-refractivity contribution in [3.05, 3.63) is 114 Å². The number of phenols is 1. The van der Waals surface area contributed by atoms with Gasteiger partial charge in [-0.2, -0.15) is 0 Å². The second-order valence-corrected chi connectivity index (χ2v) is 13.9. The standard InChI is InChI=1S/C37H40N4O6S/c42-30-16-12-27(13-17-30)26-34(37(44)41-24-20-29(21-25-41)40-22-6-7-23-40)38-36(43)28-14-18-32(19-15-28)48(45,46)39-33-10-4-5-11-35(33)47-31-8-2-1-3-9-31/h1-5,8-19,29,34,39,42H,6-7,20-26H2,(H,38,43). The zero-order chi connectivity index (χ0) is 33.5. The van der Waals surface area contributed by atoms with E-state index in [9.17, 15) is 23.1 Å². The van der Waals surface area contributed by atoms with Gasteiger partial charge in [0.2, 0.25) is 5.91 Å². The normalized spacial score (nSPS) is 16.3. The van der Waals surface area contributed by atoms with Crippen LogP contribution in [0.3, 0.4) is 0 Å². The number of hydrogen-bond acceptors (Lipinski definition) is 7. The lowest BCUT2D eigenvalue weighted by molar-refractivity contribution is -0.134. The minimum Gasteiger partial charge on any atom is -0.508 e. The second kappa shape index (κ2) is 14.9. The van der Waals surface area contributed by atoms with E-state index < -0.39 is 22.0 Å². The van der Waals surface area contributed by atoms with Gasteiger partial charge in [-0.25, -0.2) is 8.42 Å². The van der Waals surface area contributed by atoms with E-state index in [0.717, 1.165) is 31.5 Å². The molecule has 2 fully saturated rings. The second-order valence-electron chi connectivity index (χ2n) is 12.2. The largest absolute Gasteiger partial charge is 0.508 e. The van der Waals surface area contributed by atoms with Crippen molar-refractivity contribution in [2.75, 3.05) is 30.9 Å². The third-order valence-corrected chi connectivity index (χ3v) is 10.3. The molecule has 0 aromatic heterocycles. The Kier molecular flexibility index (Phi) is 10.3. The van der Waals surface area contributed by atoms with Crippen molar-refractivity contribution >= 4 is 27.5 Å². The Morgan fingerprint density at radius 2 is 1.46 bits per heavy atom. The molecule has 1 unspecified atom stereocenters. The minimum atomic E-state index is -4.02. The molecule has 0 bridgehead atoms. The van der Waals surface area contributed by atoms with Crippen molar-refractivity contribution in [1.29, 1.82) is 0 Å². The summed E-state index contributed by atoms with van der Waals surface area (Å²) < 4.78 is 35.1. The molecular formula is C37H40N4O6S. The number of carbonyl (C=O) groups excluding carboxylic acids is 2. The van der Waals surface area contributed by atoms with Crippen molar-refractivity contribution in [1.82, 2.24) is 15.1 Å². The molecule has 0 saturated carbocycles. The van der Waals surface area contributed by atoms with Crippen LogP contribution >= 0.6 is 0 Å². The van der Waals surface area contributed by atoms with Crippen LogP contribution in [0.25, 0.3) is 0 Å². The van der Waals surface area contributed by atoms with Crippen LogP contribution in [-0.4, -0.2) is 73.4 Å². The zero-order valence-electron chi connectivity index (χ0n) is 26.6. The Hall–Kier alpha value is -4.87. The number of rotatable bonds is 11. The number of phenolic OH excluding ortho intramolecular Hbond substituents is 1. The number of piperidine rings is 1. The highest BCUT2D eigenvalue weighted by Crippen LogP contribution is 2.31. The predicted molar refractivity (Wildman–Crippen MR) is 184 cm³/mol. The van der Waals surface area contributed by atoms with Gasteiger partial charge in [0.05, 0.1) is 10.6 Å². The van der Waals surface area contributed by atoms with Crippen molar-refractivity contribution in [3.63, 3.8) is 0 Å². The van der Waals surface area contributed by atoms with E-state index in [4.69, 9.17) is 4.74 Å². The van der Waals surface area contributed by atoms with Crippen molar-refractivity contribution in [2.45, 2.75) is 49.1 Å². The monoisotopic (exact) mass is 668 g/mol. The lowest BCUT2D eigenvalue weighted by Crippen LogP contribution is -2.53. The molecule has 0 aliphatic carbocycles. The maximum absolute atomic E-state index is 13.8. The van der Waals surface area contributed by atoms with Crippen LogP contribution in [0, 0.1) is 0 Å². The first-order valence-electron chi connectivity index (χ1n) is 16.3. The summed E-state index contributed by atoms with van der Waals surface area (Å²) in [6.07, 6.45) is 4.50. The van der Waals surface area contributed by atoms with E-state index in [-0.39, 0.29) is 34.2 Å². The highest BCUT2D eigenvalue weighted by molar-refractivity contribution is 7.92. The fraction of sp³-hybridized carbons (Fsp3) is 0.297. The SMILES string of the molecule is O=C(NC(Cc1ccc(O)cc1)C(=O)N1CCC(N2CCCC2)CC1)c1ccc(S(=O)(=O)Nc2ccccc2Oc2ccccc2)cc1. The van der Waals surface area contributed by atoms with Gasteiger partial charge in [0, 0.05) is 31.1 Å². The van der Waals surface area contributed by atoms with Gasteiger partial charge in [0.25, 0.3) is 15.9 Å². The third kappa shape index (κ3) is 8.15. The molecule has 4 aromatic carbocycles. The highest BCUT2D eigenvalue weighted by atomic mass is 32.2. The molecule has 4 aromatic rings. The summed E-state index contributed by atoms with van der Waals surface area (Å²) in [5.74, 6) is 0.376. The van der Waals surface area contributed by atoms with Gasteiger partial charge < -0.3 is 25.0 Å². The van der Waals surface area contributed by atoms with Crippen LogP contribution in [0.1, 0.15) is 41.6 Å². The van der Waals surface area contributed by atoms with Crippen molar-refractivity contribution in [3.8, 4) is 17.2 Å². The van der Waals surface area contributed by atoms with Gasteiger partial charge in [-0.3, -0.25) is 14.3 Å². The van der Waals surface area contributed by atoms with Crippen LogP contribution < -0.4 is 14.8 Å². The van der Waals surface area contributed by atoms with E-state index in [0.29, 0.717) is 30.6 Å². The Morgan fingerprint density at radius 3 is 2.15 bits per heavy atom. The van der Waals surface area contributed by atoms with Crippen LogP contribution in [0.2, 0.25) is 0 Å². The van der Waals surface area contributed by atoms with Crippen LogP contribution in [0.15, 0.2) is 108 Å². The van der Waals surface area contributed by atoms with Gasteiger partial charge in [0.1, 0.15) is 17.5 Å². The number of nitrogens with zero attached hydrogens (tertiary/aromatic N) is 2. The first-order chi connectivity index (χ1) is 23.2. The Bertz CT molecular complexity index is 1800. The van der Waals surface area contributed by atoms with Gasteiger partial charge in [0.15, 0.2) is 5.75 Å². The number of sulfonamides is 1. The molecule has 6 rings (SSSR count). The molecule has 2 amide bonds. The van der Waals surface area contributed by atoms with E-state index in [1.54, 1.807) is 60.7 Å². The number of amides is 2. The molecule has 2 aliphatic rings. The van der Waals surface area contributed by atoms with Crippen LogP contribution in [0.4, 0.5) is 5.69 Å². The van der Waals surface area contributed by atoms with Gasteiger partial charge in [-0.1, -0.05) is 42.5 Å². The topological polar surface area (TPSA) is 128 Å². The number of anilines is 1. The smallest absolute Gasteiger partial charge is 0.262 e. The molecule has 10 nitrogen and oxygen atoms in total. The maximum Gasteiger partial charge on any atom is 0.262 e. The summed E-state index contributed by atoms with van der Waals surface area (Å²) in [4.78, 5) is 31.6. The number of para-hydroxylation sites is 3. The molecule has 11 heteroatoms. The van der Waals surface area contributed by atoms with Gasteiger partial charge in [-0.15, -0.1) is 0 Å². The first kappa shape index (κ1) is 33.0. The average molecular weight is 669 g/mol. The lowest BCUT2D eigenvalue weighted by Gasteiger charge is -2.38. The van der Waals surface area contributed by atoms with E-state index in [2.05, 4.69) is 14.9 Å². The first-order valence-corrected chi connectivity index (χ1v) is 17.8. The number of nitrogens with one attached hydrogen (secondary N) is 2. The summed E-state index contributed by atoms with van der Waals surface area (Å²) in [5.41, 5.74) is 1.28. The predicted octanol–water partition coefficient (Wildman–Crippen LogP) is 5.41. The third-order valence-electron chi connectivity index (χ3n) is 8.94. The number of carbonyl (C=O) groups is 2. The molecular weight excluding hydrogens is 628 g/mol. The lowest BCUT2D eigenvalue weighted by atomic mass is 10.00. The molecule has 0 radical (unpaired) electrons. The van der Waals surface area contributed by atoms with E-state index in [1.807, 2.05) is 23.1 Å². The molecule has 250 valence electrons. The number of ether oxygens (including phenoxy) is 1. The maximum atomic E-state index is 13.8. The molecule has 2 heterocycles. The van der Waals surface area contributed by atoms with Gasteiger partial charge in [-0.05, 0) is 105 Å². The summed E-state index contributed by atoms with van der Waals surface area (Å²) in [6.45, 7) is 3.48. The molecule has 1 atom stereocenters. The van der Waals surface area contributed by atoms with E-state index in [1.165, 1.54) is 37.1 Å². The van der Waals surface area contributed by atoms with E-state index >= 15 is 0 Å².